The molecule has 1 N–H and O–H groups in total. The number of fused-ring (bicyclic) bond motifs is 3. The van der Waals surface area contributed by atoms with Crippen molar-refractivity contribution in [3.63, 3.8) is 0 Å². The zero-order chi connectivity index (χ0) is 20.0. The molecule has 0 radical (unpaired) electrons. The van der Waals surface area contributed by atoms with Crippen LogP contribution in [0.15, 0.2) is 23.2 Å². The number of rotatable bonds is 3. The summed E-state index contributed by atoms with van der Waals surface area (Å²) in [5.74, 6) is 1.01. The van der Waals surface area contributed by atoms with Crippen LogP contribution in [0.1, 0.15) is 51.4 Å². The molecule has 0 saturated carbocycles. The zero-order valence-corrected chi connectivity index (χ0v) is 16.9. The van der Waals surface area contributed by atoms with Gasteiger partial charge in [-0.15, -0.1) is 0 Å². The van der Waals surface area contributed by atoms with E-state index in [1.165, 1.54) is 0 Å². The molecule has 6 nitrogen and oxygen atoms in total. The summed E-state index contributed by atoms with van der Waals surface area (Å²) in [5.41, 5.74) is 1.12. The minimum atomic E-state index is -0.267. The van der Waals surface area contributed by atoms with Gasteiger partial charge in [0.05, 0.1) is 13.2 Å². The van der Waals surface area contributed by atoms with E-state index in [9.17, 15) is 9.18 Å². The average Bonchev–Trinajstić information content (AvgIpc) is 3.21. The number of hydrogen-bond donors (Lipinski definition) is 1. The van der Waals surface area contributed by atoms with Gasteiger partial charge in [-0.25, -0.2) is 9.18 Å². The van der Waals surface area contributed by atoms with Crippen LogP contribution in [0.25, 0.3) is 0 Å². The normalized spacial score (nSPS) is 33.5. The van der Waals surface area contributed by atoms with Crippen LogP contribution in [-0.2, 0) is 9.47 Å². The third-order valence-electron chi connectivity index (χ3n) is 7.79. The van der Waals surface area contributed by atoms with Gasteiger partial charge in [-0.1, -0.05) is 0 Å². The highest BCUT2D eigenvalue weighted by atomic mass is 19.1. The first-order valence-corrected chi connectivity index (χ1v) is 11.1. The van der Waals surface area contributed by atoms with E-state index in [-0.39, 0.29) is 42.6 Å². The van der Waals surface area contributed by atoms with E-state index in [0.717, 1.165) is 62.9 Å². The molecule has 0 aromatic rings. The summed E-state index contributed by atoms with van der Waals surface area (Å²) in [4.78, 5) is 16.9. The molecule has 7 heteroatoms. The molecule has 1 aliphatic carbocycles. The van der Waals surface area contributed by atoms with E-state index in [4.69, 9.17) is 14.6 Å². The molecule has 0 aromatic heterocycles. The topological polar surface area (TPSA) is 62.2 Å². The minimum absolute atomic E-state index is 0.00260. The third kappa shape index (κ3) is 3.36. The van der Waals surface area contributed by atoms with Gasteiger partial charge in [-0.2, -0.15) is 0 Å². The second-order valence-electron chi connectivity index (χ2n) is 9.29. The van der Waals surface area contributed by atoms with Crippen molar-refractivity contribution in [1.82, 2.24) is 9.80 Å². The molecule has 2 bridgehead atoms. The minimum Gasteiger partial charge on any atom is -0.497 e. The van der Waals surface area contributed by atoms with Crippen molar-refractivity contribution >= 4 is 6.09 Å². The quantitative estimate of drug-likeness (QED) is 0.780. The van der Waals surface area contributed by atoms with Crippen molar-refractivity contribution in [3.8, 4) is 0 Å². The number of halogens is 1. The molecule has 1 amide bonds. The molecule has 4 aliphatic heterocycles. The van der Waals surface area contributed by atoms with E-state index in [0.29, 0.717) is 25.5 Å². The Labute approximate surface area is 171 Å². The van der Waals surface area contributed by atoms with E-state index < -0.39 is 0 Å². The van der Waals surface area contributed by atoms with E-state index >= 15 is 0 Å². The van der Waals surface area contributed by atoms with Gasteiger partial charge in [0.2, 0.25) is 0 Å². The van der Waals surface area contributed by atoms with Gasteiger partial charge in [0.1, 0.15) is 18.2 Å². The number of nitrogens with zero attached hydrogens (tertiary/aromatic N) is 2. The number of piperidine rings is 2. The van der Waals surface area contributed by atoms with Crippen molar-refractivity contribution in [1.29, 1.82) is 0 Å². The average molecular weight is 406 g/mol. The van der Waals surface area contributed by atoms with Gasteiger partial charge < -0.3 is 24.4 Å². The Bertz CT molecular complexity index is 714. The Morgan fingerprint density at radius 2 is 1.93 bits per heavy atom. The summed E-state index contributed by atoms with van der Waals surface area (Å²) in [6.45, 7) is 2.66. The lowest BCUT2D eigenvalue weighted by Crippen LogP contribution is -2.55. The highest BCUT2D eigenvalue weighted by Gasteiger charge is 2.49. The van der Waals surface area contributed by atoms with Crippen LogP contribution >= 0.6 is 0 Å². The largest absolute Gasteiger partial charge is 0.497 e. The smallest absolute Gasteiger partial charge is 0.410 e. The number of amides is 1. The highest BCUT2D eigenvalue weighted by molar-refractivity contribution is 5.69. The molecule has 2 atom stereocenters. The second-order valence-corrected chi connectivity index (χ2v) is 9.29. The zero-order valence-electron chi connectivity index (χ0n) is 16.9. The fourth-order valence-electron chi connectivity index (χ4n) is 6.26. The Balaban J connectivity index is 1.21. The molecule has 3 fully saturated rings. The van der Waals surface area contributed by atoms with Crippen molar-refractivity contribution in [2.75, 3.05) is 32.9 Å². The van der Waals surface area contributed by atoms with Crippen LogP contribution in [0.4, 0.5) is 9.18 Å². The monoisotopic (exact) mass is 406 g/mol. The number of aliphatic hydroxyl groups is 1. The van der Waals surface area contributed by atoms with Crippen LogP contribution in [0.3, 0.4) is 0 Å². The van der Waals surface area contributed by atoms with Gasteiger partial charge in [0, 0.05) is 42.0 Å². The Morgan fingerprint density at radius 1 is 1.21 bits per heavy atom. The number of likely N-dealkylation sites (tertiary alicyclic amines) is 1. The van der Waals surface area contributed by atoms with Crippen LogP contribution < -0.4 is 0 Å². The van der Waals surface area contributed by atoms with Crippen LogP contribution in [0.5, 0.6) is 0 Å². The molecule has 5 aliphatic rings. The van der Waals surface area contributed by atoms with Crippen molar-refractivity contribution in [2.45, 2.75) is 69.5 Å². The molecule has 2 unspecified atom stereocenters. The number of allylic oxidation sites excluding steroid dienone is 3. The van der Waals surface area contributed by atoms with Crippen LogP contribution in [0.2, 0.25) is 0 Å². The van der Waals surface area contributed by atoms with E-state index in [1.54, 1.807) is 6.08 Å². The highest BCUT2D eigenvalue weighted by Crippen LogP contribution is 2.50. The predicted molar refractivity (Wildman–Crippen MR) is 105 cm³/mol. The molecule has 0 aromatic carbocycles. The van der Waals surface area contributed by atoms with Crippen molar-refractivity contribution < 1.29 is 23.8 Å². The van der Waals surface area contributed by atoms with Gasteiger partial charge in [0.15, 0.2) is 0 Å². The summed E-state index contributed by atoms with van der Waals surface area (Å²) in [5, 5.41) is 8.91. The SMILES string of the molecule is O=C(OCCO)N1C2CCC1CC(N1CCC3(CC1)COC1=C3C=C(F)CC1)C2. The fourth-order valence-corrected chi connectivity index (χ4v) is 6.26. The fraction of sp³-hybridized carbons (Fsp3) is 0.773. The molecule has 160 valence electrons. The molecule has 3 saturated heterocycles. The van der Waals surface area contributed by atoms with Gasteiger partial charge in [-0.05, 0) is 57.7 Å². The Morgan fingerprint density at radius 3 is 2.62 bits per heavy atom. The van der Waals surface area contributed by atoms with E-state index in [2.05, 4.69) is 4.90 Å². The predicted octanol–water partition coefficient (Wildman–Crippen LogP) is 3.12. The molecule has 29 heavy (non-hydrogen) atoms. The number of ether oxygens (including phenoxy) is 2. The Hall–Kier alpha value is -1.60. The molecule has 4 heterocycles. The summed E-state index contributed by atoms with van der Waals surface area (Å²) >= 11 is 0. The first kappa shape index (κ1) is 19.4. The first-order chi connectivity index (χ1) is 14.1. The Kier molecular flexibility index (Phi) is 5.06. The number of carbonyl (C=O) groups is 1. The van der Waals surface area contributed by atoms with Gasteiger partial charge in [0.25, 0.3) is 0 Å². The number of carbonyl (C=O) groups excluding carboxylic acids is 1. The summed E-state index contributed by atoms with van der Waals surface area (Å²) in [6.07, 6.45) is 8.78. The third-order valence-corrected chi connectivity index (χ3v) is 7.79. The van der Waals surface area contributed by atoms with Crippen molar-refractivity contribution in [2.24, 2.45) is 5.41 Å². The van der Waals surface area contributed by atoms with Gasteiger partial charge in [-0.3, -0.25) is 0 Å². The number of aliphatic hydroxyl groups excluding tert-OH is 1. The lowest BCUT2D eigenvalue weighted by atomic mass is 9.72. The molecule has 1 spiro atoms. The van der Waals surface area contributed by atoms with Gasteiger partial charge >= 0.3 is 6.09 Å². The second kappa shape index (κ2) is 7.58. The maximum atomic E-state index is 13.9. The summed E-state index contributed by atoms with van der Waals surface area (Å²) < 4.78 is 25.1. The summed E-state index contributed by atoms with van der Waals surface area (Å²) in [6, 6.07) is 1.00. The van der Waals surface area contributed by atoms with Crippen LogP contribution in [0, 0.1) is 5.41 Å². The van der Waals surface area contributed by atoms with Crippen molar-refractivity contribution in [3.05, 3.63) is 23.2 Å². The summed E-state index contributed by atoms with van der Waals surface area (Å²) in [7, 11) is 0. The number of hydrogen-bond acceptors (Lipinski definition) is 5. The standard InChI is InChI=1S/C22H31FN2O4/c23-15-1-4-20-19(11-15)22(14-29-20)5-7-24(8-6-22)18-12-16-2-3-17(13-18)25(16)21(27)28-10-9-26/h11,16-18,26H,1-10,12-14H2. The van der Waals surface area contributed by atoms with E-state index in [1.807, 2.05) is 4.90 Å². The molecular weight excluding hydrogens is 375 g/mol. The first-order valence-electron chi connectivity index (χ1n) is 11.1. The maximum Gasteiger partial charge on any atom is 0.410 e. The molecule has 5 rings (SSSR count). The lowest BCUT2D eigenvalue weighted by Gasteiger charge is -2.47. The molecular formula is C22H31FN2O4. The maximum absolute atomic E-state index is 13.9. The lowest BCUT2D eigenvalue weighted by molar-refractivity contribution is 0.0117. The van der Waals surface area contributed by atoms with Crippen LogP contribution in [-0.4, -0.2) is 72.0 Å².